The van der Waals surface area contributed by atoms with E-state index in [0.29, 0.717) is 28.6 Å². The van der Waals surface area contributed by atoms with Gasteiger partial charge in [-0.05, 0) is 25.5 Å². The van der Waals surface area contributed by atoms with E-state index in [-0.39, 0.29) is 17.7 Å². The van der Waals surface area contributed by atoms with Crippen LogP contribution in [0.15, 0.2) is 30.6 Å². The van der Waals surface area contributed by atoms with E-state index in [0.717, 1.165) is 0 Å². The van der Waals surface area contributed by atoms with Crippen molar-refractivity contribution in [1.82, 2.24) is 10.4 Å². The summed E-state index contributed by atoms with van der Waals surface area (Å²) in [6.07, 6.45) is 3.50. The molecule has 6 nitrogen and oxygen atoms in total. The lowest BCUT2D eigenvalue weighted by atomic mass is 10.1. The number of carbonyl (C=O) groups is 1. The van der Waals surface area contributed by atoms with Crippen LogP contribution in [-0.4, -0.2) is 23.8 Å². The van der Waals surface area contributed by atoms with Crippen LogP contribution < -0.4 is 20.3 Å². The molecule has 2 amide bonds. The van der Waals surface area contributed by atoms with Crippen molar-refractivity contribution in [2.45, 2.75) is 25.3 Å². The Bertz CT molecular complexity index is 788. The van der Waals surface area contributed by atoms with Crippen LogP contribution >= 0.6 is 23.2 Å². The van der Waals surface area contributed by atoms with Gasteiger partial charge in [-0.25, -0.2) is 9.18 Å². The van der Waals surface area contributed by atoms with E-state index in [4.69, 9.17) is 27.9 Å². The highest BCUT2D eigenvalue weighted by Crippen LogP contribution is 2.46. The summed E-state index contributed by atoms with van der Waals surface area (Å²) in [5, 5.41) is 7.44. The SMILES string of the molecule is CCOc1ccc(Cl)c(C2CC2NC(=O)N[n+]2ccc(Cl)cn2)c1F. The number of halogens is 3. The first-order valence-electron chi connectivity index (χ1n) is 7.71. The predicted octanol–water partition coefficient (Wildman–Crippen LogP) is 3.02. The molecule has 1 aliphatic carbocycles. The number of benzene rings is 1. The minimum atomic E-state index is -0.474. The largest absolute Gasteiger partial charge is 0.491 e. The number of rotatable bonds is 5. The molecule has 1 aliphatic rings. The van der Waals surface area contributed by atoms with Gasteiger partial charge in [0.2, 0.25) is 6.20 Å². The van der Waals surface area contributed by atoms with Crippen LogP contribution in [-0.2, 0) is 0 Å². The van der Waals surface area contributed by atoms with E-state index in [1.807, 2.05) is 0 Å². The number of ether oxygens (including phenoxy) is 1. The molecule has 2 unspecified atom stereocenters. The molecule has 1 aromatic carbocycles. The van der Waals surface area contributed by atoms with Crippen molar-refractivity contribution in [1.29, 1.82) is 0 Å². The highest BCUT2D eigenvalue weighted by molar-refractivity contribution is 6.31. The molecule has 132 valence electrons. The van der Waals surface area contributed by atoms with E-state index in [2.05, 4.69) is 15.8 Å². The third kappa shape index (κ3) is 4.11. The van der Waals surface area contributed by atoms with Gasteiger partial charge in [-0.1, -0.05) is 28.6 Å². The summed E-state index contributed by atoms with van der Waals surface area (Å²) in [7, 11) is 0. The quantitative estimate of drug-likeness (QED) is 0.777. The van der Waals surface area contributed by atoms with Gasteiger partial charge in [0, 0.05) is 38.5 Å². The Hall–Kier alpha value is -2.12. The lowest BCUT2D eigenvalue weighted by Gasteiger charge is -2.11. The van der Waals surface area contributed by atoms with Gasteiger partial charge in [0.1, 0.15) is 6.20 Å². The fourth-order valence-electron chi connectivity index (χ4n) is 2.54. The Morgan fingerprint density at radius 3 is 2.92 bits per heavy atom. The van der Waals surface area contributed by atoms with Crippen molar-refractivity contribution < 1.29 is 18.7 Å². The molecule has 2 aromatic rings. The minimum Gasteiger partial charge on any atom is -0.491 e. The van der Waals surface area contributed by atoms with Crippen molar-refractivity contribution in [3.05, 3.63) is 52.0 Å². The summed E-state index contributed by atoms with van der Waals surface area (Å²) in [5.74, 6) is -0.502. The number of aromatic nitrogens is 2. The topological polar surface area (TPSA) is 67.1 Å². The second kappa shape index (κ2) is 7.41. The maximum atomic E-state index is 14.5. The first-order valence-corrected chi connectivity index (χ1v) is 8.47. The van der Waals surface area contributed by atoms with Gasteiger partial charge in [0.05, 0.1) is 11.6 Å². The molecular formula is C16H16Cl2FN4O2+. The number of nitrogens with one attached hydrogen (secondary N) is 2. The summed E-state index contributed by atoms with van der Waals surface area (Å²) < 4.78 is 19.8. The standard InChI is InChI=1S/C16H15Cl2FN4O2/c1-2-25-13-4-3-11(18)14(15(13)19)10-7-12(10)21-16(24)22-23-6-5-9(17)8-20-23/h3-6,8,10,12H,2,7H2,1H3,(H-,20,21,22,24)/p+1. The third-order valence-electron chi connectivity index (χ3n) is 3.77. The number of urea groups is 1. The molecule has 2 N–H and O–H groups in total. The summed E-state index contributed by atoms with van der Waals surface area (Å²) in [6, 6.07) is 4.03. The van der Waals surface area contributed by atoms with Crippen LogP contribution in [0.25, 0.3) is 0 Å². The Morgan fingerprint density at radius 1 is 1.44 bits per heavy atom. The van der Waals surface area contributed by atoms with Gasteiger partial charge in [0.25, 0.3) is 0 Å². The maximum absolute atomic E-state index is 14.5. The molecule has 0 aliphatic heterocycles. The minimum absolute atomic E-state index is 0.165. The molecule has 0 bridgehead atoms. The van der Waals surface area contributed by atoms with Crippen LogP contribution in [0.4, 0.5) is 9.18 Å². The van der Waals surface area contributed by atoms with E-state index in [1.54, 1.807) is 19.1 Å². The molecule has 9 heteroatoms. The van der Waals surface area contributed by atoms with Gasteiger partial charge in [-0.3, -0.25) is 0 Å². The fourth-order valence-corrected chi connectivity index (χ4v) is 2.93. The molecule has 2 atom stereocenters. The second-order valence-corrected chi connectivity index (χ2v) is 6.37. The molecule has 3 rings (SSSR count). The van der Waals surface area contributed by atoms with E-state index in [1.165, 1.54) is 23.3 Å². The molecule has 25 heavy (non-hydrogen) atoms. The monoisotopic (exact) mass is 385 g/mol. The average molecular weight is 386 g/mol. The van der Waals surface area contributed by atoms with Gasteiger partial charge in [-0.15, -0.1) is 0 Å². The number of hydrogen-bond acceptors (Lipinski definition) is 3. The Balaban J connectivity index is 1.64. The summed E-state index contributed by atoms with van der Waals surface area (Å²) in [4.78, 5) is 13.2. The van der Waals surface area contributed by atoms with Gasteiger partial charge in [-0.2, -0.15) is 0 Å². The Morgan fingerprint density at radius 2 is 2.24 bits per heavy atom. The van der Waals surface area contributed by atoms with Gasteiger partial charge in [0.15, 0.2) is 11.6 Å². The second-order valence-electron chi connectivity index (χ2n) is 5.53. The van der Waals surface area contributed by atoms with Crippen molar-refractivity contribution in [2.75, 3.05) is 12.0 Å². The van der Waals surface area contributed by atoms with Crippen molar-refractivity contribution in [3.8, 4) is 5.75 Å². The van der Waals surface area contributed by atoms with Gasteiger partial charge >= 0.3 is 6.03 Å². The number of nitrogens with zero attached hydrogens (tertiary/aromatic N) is 2. The molecule has 1 heterocycles. The first-order chi connectivity index (χ1) is 12.0. The Labute approximate surface area is 153 Å². The summed E-state index contributed by atoms with van der Waals surface area (Å²) >= 11 is 11.9. The zero-order valence-electron chi connectivity index (χ0n) is 13.3. The molecular weight excluding hydrogens is 370 g/mol. The fraction of sp³-hybridized carbons (Fsp3) is 0.312. The first kappa shape index (κ1) is 17.7. The smallest absolute Gasteiger partial charge is 0.370 e. The van der Waals surface area contributed by atoms with E-state index < -0.39 is 11.8 Å². The molecule has 1 aromatic heterocycles. The van der Waals surface area contributed by atoms with Crippen LogP contribution in [0, 0.1) is 5.82 Å². The zero-order valence-corrected chi connectivity index (χ0v) is 14.8. The molecule has 1 saturated carbocycles. The van der Waals surface area contributed by atoms with E-state index in [9.17, 15) is 9.18 Å². The maximum Gasteiger partial charge on any atom is 0.370 e. The summed E-state index contributed by atoms with van der Waals surface area (Å²) in [5.41, 5.74) is 2.89. The highest BCUT2D eigenvalue weighted by Gasteiger charge is 2.43. The van der Waals surface area contributed by atoms with Crippen molar-refractivity contribution in [3.63, 3.8) is 0 Å². The molecule has 0 spiro atoms. The zero-order chi connectivity index (χ0) is 18.0. The number of hydrogen-bond donors (Lipinski definition) is 2. The predicted molar refractivity (Wildman–Crippen MR) is 91.1 cm³/mol. The lowest BCUT2D eigenvalue weighted by molar-refractivity contribution is -0.702. The average Bonchev–Trinajstić information content (AvgIpc) is 3.31. The number of amides is 2. The van der Waals surface area contributed by atoms with Crippen LogP contribution in [0.1, 0.15) is 24.8 Å². The number of carbonyl (C=O) groups excluding carboxylic acids is 1. The Kier molecular flexibility index (Phi) is 5.24. The lowest BCUT2D eigenvalue weighted by Crippen LogP contribution is -2.54. The van der Waals surface area contributed by atoms with Crippen molar-refractivity contribution in [2.24, 2.45) is 0 Å². The van der Waals surface area contributed by atoms with Crippen LogP contribution in [0.3, 0.4) is 0 Å². The molecule has 0 radical (unpaired) electrons. The molecule has 0 saturated heterocycles. The molecule has 1 fully saturated rings. The third-order valence-corrected chi connectivity index (χ3v) is 4.32. The van der Waals surface area contributed by atoms with E-state index >= 15 is 0 Å². The normalized spacial score (nSPS) is 18.6. The van der Waals surface area contributed by atoms with Crippen molar-refractivity contribution >= 4 is 29.2 Å². The van der Waals surface area contributed by atoms with Crippen LogP contribution in [0.5, 0.6) is 5.75 Å². The summed E-state index contributed by atoms with van der Waals surface area (Å²) in [6.45, 7) is 2.14. The van der Waals surface area contributed by atoms with Gasteiger partial charge < -0.3 is 10.1 Å². The van der Waals surface area contributed by atoms with Crippen LogP contribution in [0.2, 0.25) is 10.0 Å². The highest BCUT2D eigenvalue weighted by atomic mass is 35.5.